The van der Waals surface area contributed by atoms with Crippen LogP contribution in [0.4, 0.5) is 5.95 Å². The summed E-state index contributed by atoms with van der Waals surface area (Å²) in [6.45, 7) is 4.35. The number of methoxy groups -OCH3 is 1. The zero-order chi connectivity index (χ0) is 16.6. The van der Waals surface area contributed by atoms with Crippen LogP contribution in [0.5, 0.6) is 5.75 Å². The maximum atomic E-state index is 6.23. The van der Waals surface area contributed by atoms with Crippen molar-refractivity contribution in [3.8, 4) is 5.75 Å². The summed E-state index contributed by atoms with van der Waals surface area (Å²) < 4.78 is 11.3. The summed E-state index contributed by atoms with van der Waals surface area (Å²) in [5.41, 5.74) is 2.02. The lowest BCUT2D eigenvalue weighted by Crippen LogP contribution is -2.47. The molecule has 0 radical (unpaired) electrons. The highest BCUT2D eigenvalue weighted by molar-refractivity contribution is 5.35. The van der Waals surface area contributed by atoms with Gasteiger partial charge in [-0.05, 0) is 31.7 Å². The van der Waals surface area contributed by atoms with Crippen LogP contribution in [-0.4, -0.2) is 46.7 Å². The first-order valence-electron chi connectivity index (χ1n) is 8.28. The molecule has 0 atom stereocenters. The normalized spacial score (nSPS) is 19.2. The number of fused-ring (bicyclic) bond motifs is 2. The highest BCUT2D eigenvalue weighted by Gasteiger charge is 2.42. The molecule has 2 aliphatic rings. The fraction of sp³-hybridized carbons (Fsp3) is 0.529. The lowest BCUT2D eigenvalue weighted by Gasteiger charge is -2.44. The number of hydrogen-bond acceptors (Lipinski definition) is 7. The van der Waals surface area contributed by atoms with Crippen LogP contribution in [0.3, 0.4) is 0 Å². The summed E-state index contributed by atoms with van der Waals surface area (Å²) >= 11 is 0. The van der Waals surface area contributed by atoms with Gasteiger partial charge < -0.3 is 14.4 Å². The molecular weight excluding hydrogens is 306 g/mol. The fourth-order valence-electron chi connectivity index (χ4n) is 3.52. The Morgan fingerprint density at radius 3 is 2.58 bits per heavy atom. The van der Waals surface area contributed by atoms with Crippen molar-refractivity contribution in [1.82, 2.24) is 19.9 Å². The van der Waals surface area contributed by atoms with Crippen LogP contribution in [0.1, 0.15) is 29.9 Å². The van der Waals surface area contributed by atoms with Gasteiger partial charge in [0.15, 0.2) is 5.75 Å². The molecule has 2 aromatic heterocycles. The minimum Gasteiger partial charge on any atom is -0.494 e. The molecule has 4 rings (SSSR count). The maximum absolute atomic E-state index is 6.23. The van der Waals surface area contributed by atoms with Crippen molar-refractivity contribution in [3.63, 3.8) is 0 Å². The Morgan fingerprint density at radius 1 is 1.12 bits per heavy atom. The molecule has 24 heavy (non-hydrogen) atoms. The topological polar surface area (TPSA) is 73.3 Å². The minimum absolute atomic E-state index is 0.287. The molecule has 0 aromatic carbocycles. The summed E-state index contributed by atoms with van der Waals surface area (Å²) in [4.78, 5) is 20.0. The highest BCUT2D eigenvalue weighted by Crippen LogP contribution is 2.40. The predicted octanol–water partition coefficient (Wildman–Crippen LogP) is 1.65. The number of aromatic nitrogens is 4. The number of aryl methyl sites for hydroxylation is 1. The third-order valence-corrected chi connectivity index (χ3v) is 4.87. The molecule has 1 spiro atoms. The Bertz CT molecular complexity index is 726. The molecule has 2 aromatic rings. The second-order valence-corrected chi connectivity index (χ2v) is 6.29. The van der Waals surface area contributed by atoms with Crippen molar-refractivity contribution in [3.05, 3.63) is 35.7 Å². The number of hydrogen-bond donors (Lipinski definition) is 0. The van der Waals surface area contributed by atoms with Crippen molar-refractivity contribution in [1.29, 1.82) is 0 Å². The zero-order valence-electron chi connectivity index (χ0n) is 14.0. The van der Waals surface area contributed by atoms with Crippen LogP contribution in [0, 0.1) is 6.92 Å². The molecule has 7 heteroatoms. The van der Waals surface area contributed by atoms with Gasteiger partial charge in [-0.3, -0.25) is 0 Å². The summed E-state index contributed by atoms with van der Waals surface area (Å²) in [6, 6.07) is 0. The number of piperidine rings is 1. The molecule has 1 saturated heterocycles. The first-order valence-corrected chi connectivity index (χ1v) is 8.28. The fourth-order valence-corrected chi connectivity index (χ4v) is 3.52. The largest absolute Gasteiger partial charge is 0.494 e. The summed E-state index contributed by atoms with van der Waals surface area (Å²) in [7, 11) is 1.62. The van der Waals surface area contributed by atoms with E-state index in [1.54, 1.807) is 19.5 Å². The third kappa shape index (κ3) is 2.58. The van der Waals surface area contributed by atoms with Gasteiger partial charge in [0.25, 0.3) is 0 Å². The van der Waals surface area contributed by atoms with Gasteiger partial charge in [0.05, 0.1) is 31.8 Å². The first kappa shape index (κ1) is 15.3. The van der Waals surface area contributed by atoms with Gasteiger partial charge in [-0.1, -0.05) is 0 Å². The van der Waals surface area contributed by atoms with E-state index in [0.717, 1.165) is 56.4 Å². The molecule has 0 N–H and O–H groups in total. The Morgan fingerprint density at radius 2 is 1.88 bits per heavy atom. The second kappa shape index (κ2) is 5.98. The van der Waals surface area contributed by atoms with Gasteiger partial charge in [-0.25, -0.2) is 19.9 Å². The second-order valence-electron chi connectivity index (χ2n) is 6.29. The monoisotopic (exact) mass is 327 g/mol. The van der Waals surface area contributed by atoms with E-state index >= 15 is 0 Å². The van der Waals surface area contributed by atoms with Crippen molar-refractivity contribution < 1.29 is 9.47 Å². The SMILES string of the molecule is COc1cnc(N2CCC3(CC2)OCCc2cnc(C)nc23)nc1. The molecule has 2 aliphatic heterocycles. The quantitative estimate of drug-likeness (QED) is 0.830. The number of anilines is 1. The van der Waals surface area contributed by atoms with Gasteiger partial charge in [0.1, 0.15) is 11.4 Å². The Hall–Kier alpha value is -2.28. The molecule has 0 aliphatic carbocycles. The summed E-state index contributed by atoms with van der Waals surface area (Å²) in [5, 5.41) is 0. The minimum atomic E-state index is -0.287. The van der Waals surface area contributed by atoms with E-state index in [9.17, 15) is 0 Å². The summed E-state index contributed by atoms with van der Waals surface area (Å²) in [6.07, 6.45) is 8.02. The van der Waals surface area contributed by atoms with Crippen LogP contribution in [0.15, 0.2) is 18.6 Å². The van der Waals surface area contributed by atoms with Crippen LogP contribution in [0.2, 0.25) is 0 Å². The van der Waals surface area contributed by atoms with Crippen molar-refractivity contribution >= 4 is 5.95 Å². The molecule has 0 saturated carbocycles. The van der Waals surface area contributed by atoms with Gasteiger partial charge in [0.2, 0.25) is 5.95 Å². The third-order valence-electron chi connectivity index (χ3n) is 4.87. The molecule has 0 bridgehead atoms. The Labute approximate surface area is 141 Å². The van der Waals surface area contributed by atoms with E-state index in [1.165, 1.54) is 5.56 Å². The predicted molar refractivity (Wildman–Crippen MR) is 88.1 cm³/mol. The molecular formula is C17H21N5O2. The average molecular weight is 327 g/mol. The molecule has 126 valence electrons. The molecule has 1 fully saturated rings. The van der Waals surface area contributed by atoms with E-state index in [4.69, 9.17) is 14.5 Å². The van der Waals surface area contributed by atoms with E-state index in [0.29, 0.717) is 5.75 Å². The van der Waals surface area contributed by atoms with Gasteiger partial charge in [-0.2, -0.15) is 0 Å². The molecule has 0 unspecified atom stereocenters. The van der Waals surface area contributed by atoms with Gasteiger partial charge >= 0.3 is 0 Å². The van der Waals surface area contributed by atoms with Crippen LogP contribution < -0.4 is 9.64 Å². The lowest BCUT2D eigenvalue weighted by atomic mass is 9.83. The maximum Gasteiger partial charge on any atom is 0.225 e. The molecule has 0 amide bonds. The average Bonchev–Trinajstić information content (AvgIpc) is 2.63. The van der Waals surface area contributed by atoms with Crippen LogP contribution in [-0.2, 0) is 16.8 Å². The molecule has 4 heterocycles. The van der Waals surface area contributed by atoms with E-state index in [1.807, 2.05) is 13.1 Å². The molecule has 7 nitrogen and oxygen atoms in total. The van der Waals surface area contributed by atoms with Crippen molar-refractivity contribution in [2.45, 2.75) is 31.8 Å². The van der Waals surface area contributed by atoms with E-state index in [-0.39, 0.29) is 5.60 Å². The number of ether oxygens (including phenoxy) is 2. The van der Waals surface area contributed by atoms with E-state index < -0.39 is 0 Å². The van der Waals surface area contributed by atoms with Gasteiger partial charge in [-0.15, -0.1) is 0 Å². The lowest BCUT2D eigenvalue weighted by molar-refractivity contribution is -0.0804. The van der Waals surface area contributed by atoms with Crippen LogP contribution in [0.25, 0.3) is 0 Å². The summed E-state index contributed by atoms with van der Waals surface area (Å²) in [5.74, 6) is 2.21. The van der Waals surface area contributed by atoms with E-state index in [2.05, 4.69) is 19.9 Å². The first-order chi connectivity index (χ1) is 11.7. The Balaban J connectivity index is 1.55. The van der Waals surface area contributed by atoms with Gasteiger partial charge in [0, 0.05) is 19.3 Å². The smallest absolute Gasteiger partial charge is 0.225 e. The van der Waals surface area contributed by atoms with Crippen molar-refractivity contribution in [2.24, 2.45) is 0 Å². The van der Waals surface area contributed by atoms with Crippen molar-refractivity contribution in [2.75, 3.05) is 31.7 Å². The highest BCUT2D eigenvalue weighted by atomic mass is 16.5. The number of nitrogens with zero attached hydrogens (tertiary/aromatic N) is 5. The number of rotatable bonds is 2. The Kier molecular flexibility index (Phi) is 3.80. The van der Waals surface area contributed by atoms with Crippen LogP contribution >= 0.6 is 0 Å². The zero-order valence-corrected chi connectivity index (χ0v) is 14.0. The standard InChI is InChI=1S/C17H21N5O2/c1-12-18-9-13-3-8-24-17(15(13)21-12)4-6-22(7-5-17)16-19-10-14(23-2)11-20-16/h9-11H,3-8H2,1-2H3.